The van der Waals surface area contributed by atoms with E-state index in [4.69, 9.17) is 4.74 Å². The van der Waals surface area contributed by atoms with Gasteiger partial charge in [-0.2, -0.15) is 0 Å². The lowest BCUT2D eigenvalue weighted by molar-refractivity contribution is -0.151. The number of nitrogens with one attached hydrogen (secondary N) is 1. The fourth-order valence-corrected chi connectivity index (χ4v) is 8.03. The van der Waals surface area contributed by atoms with Crippen LogP contribution in [0.2, 0.25) is 0 Å². The molecule has 3 unspecified atom stereocenters. The predicted molar refractivity (Wildman–Crippen MR) is 259 cm³/mol. The van der Waals surface area contributed by atoms with E-state index in [1.807, 2.05) is 0 Å². The van der Waals surface area contributed by atoms with Crippen LogP contribution in [0.4, 0.5) is 0 Å². The van der Waals surface area contributed by atoms with E-state index in [1.54, 1.807) is 0 Å². The van der Waals surface area contributed by atoms with E-state index in [-0.39, 0.29) is 24.9 Å². The van der Waals surface area contributed by atoms with E-state index in [0.717, 1.165) is 70.6 Å². The number of unbranched alkanes of at least 4 members (excludes halogenated alkanes) is 29. The van der Waals surface area contributed by atoms with Crippen LogP contribution in [0.3, 0.4) is 0 Å². The number of ether oxygens (including phenoxy) is 1. The molecule has 0 radical (unpaired) electrons. The molecule has 352 valence electrons. The minimum atomic E-state index is -0.786. The molecule has 0 aromatic carbocycles. The van der Waals surface area contributed by atoms with Gasteiger partial charge in [0.1, 0.15) is 6.10 Å². The second-order valence-corrected chi connectivity index (χ2v) is 17.9. The predicted octanol–water partition coefficient (Wildman–Crippen LogP) is 15.7. The second-order valence-electron chi connectivity index (χ2n) is 17.9. The van der Waals surface area contributed by atoms with Gasteiger partial charge in [-0.25, -0.2) is 0 Å². The van der Waals surface area contributed by atoms with Crippen LogP contribution in [0, 0.1) is 0 Å². The van der Waals surface area contributed by atoms with Crippen molar-refractivity contribution in [2.45, 2.75) is 289 Å². The van der Waals surface area contributed by atoms with Gasteiger partial charge < -0.3 is 20.3 Å². The highest BCUT2D eigenvalue weighted by atomic mass is 16.5. The average molecular weight is 844 g/mol. The molecule has 6 nitrogen and oxygen atoms in total. The summed E-state index contributed by atoms with van der Waals surface area (Å²) in [4.78, 5) is 26.1. The molecule has 0 aliphatic heterocycles. The first kappa shape index (κ1) is 58.1. The monoisotopic (exact) mass is 844 g/mol. The van der Waals surface area contributed by atoms with Gasteiger partial charge in [0.2, 0.25) is 5.91 Å². The smallest absolute Gasteiger partial charge is 0.306 e. The van der Waals surface area contributed by atoms with E-state index < -0.39 is 18.2 Å². The first-order chi connectivity index (χ1) is 29.5. The molecule has 0 bridgehead atoms. The van der Waals surface area contributed by atoms with Crippen molar-refractivity contribution < 1.29 is 24.5 Å². The lowest BCUT2D eigenvalue weighted by Crippen LogP contribution is -2.46. The molecule has 0 heterocycles. The van der Waals surface area contributed by atoms with Crippen molar-refractivity contribution in [1.82, 2.24) is 5.32 Å². The van der Waals surface area contributed by atoms with Crippen molar-refractivity contribution in [2.24, 2.45) is 0 Å². The average Bonchev–Trinajstić information content (AvgIpc) is 3.24. The van der Waals surface area contributed by atoms with E-state index >= 15 is 0 Å². The number of esters is 1. The van der Waals surface area contributed by atoms with Crippen molar-refractivity contribution in [1.29, 1.82) is 0 Å². The van der Waals surface area contributed by atoms with E-state index in [1.165, 1.54) is 154 Å². The van der Waals surface area contributed by atoms with Crippen LogP contribution in [0.25, 0.3) is 0 Å². The molecular formula is C54H101NO5. The van der Waals surface area contributed by atoms with Gasteiger partial charge in [0.05, 0.1) is 25.2 Å². The Morgan fingerprint density at radius 1 is 0.500 bits per heavy atom. The molecule has 3 N–H and O–H groups in total. The first-order valence-electron chi connectivity index (χ1n) is 26.2. The number of aliphatic hydroxyl groups excluding tert-OH is 2. The zero-order valence-electron chi connectivity index (χ0n) is 40.1. The Balaban J connectivity index is 4.51. The van der Waals surface area contributed by atoms with Crippen LogP contribution in [-0.4, -0.2) is 46.9 Å². The Labute approximate surface area is 373 Å². The third-order valence-corrected chi connectivity index (χ3v) is 12.0. The van der Waals surface area contributed by atoms with Crippen molar-refractivity contribution in [2.75, 3.05) is 6.61 Å². The van der Waals surface area contributed by atoms with Gasteiger partial charge in [-0.15, -0.1) is 0 Å². The molecule has 0 fully saturated rings. The lowest BCUT2D eigenvalue weighted by Gasteiger charge is -2.24. The maximum absolute atomic E-state index is 13.2. The van der Waals surface area contributed by atoms with Gasteiger partial charge in [0.25, 0.3) is 0 Å². The fraction of sp³-hybridized carbons (Fsp3) is 0.852. The van der Waals surface area contributed by atoms with E-state index in [9.17, 15) is 19.8 Å². The largest absolute Gasteiger partial charge is 0.462 e. The molecule has 0 aromatic heterocycles. The standard InChI is InChI=1S/C54H101NO5/c1-4-7-10-13-16-19-22-24-26-27-29-32-35-38-41-44-47-54(59)60-50(45-42-39-36-33-30-21-18-15-12-9-6-3)48-53(58)55-51(49-56)52(57)46-43-40-37-34-31-28-25-23-20-17-14-11-8-5-2/h7,10,16,19,24,26,50-52,56-57H,4-6,8-9,11-15,17-18,20-23,25,27-49H2,1-3H3,(H,55,58)/b10-7+,19-16+,26-24+. The van der Waals surface area contributed by atoms with Crippen LogP contribution in [0.15, 0.2) is 36.5 Å². The summed E-state index contributed by atoms with van der Waals surface area (Å²) in [5.74, 6) is -0.478. The summed E-state index contributed by atoms with van der Waals surface area (Å²) in [6.07, 6.45) is 56.3. The quantitative estimate of drug-likeness (QED) is 0.0322. The lowest BCUT2D eigenvalue weighted by atomic mass is 10.0. The van der Waals surface area contributed by atoms with Crippen molar-refractivity contribution in [3.8, 4) is 0 Å². The van der Waals surface area contributed by atoms with Gasteiger partial charge in [0, 0.05) is 6.42 Å². The van der Waals surface area contributed by atoms with Crippen molar-refractivity contribution in [3.63, 3.8) is 0 Å². The third kappa shape index (κ3) is 42.8. The number of aliphatic hydroxyl groups is 2. The number of hydrogen-bond donors (Lipinski definition) is 3. The highest BCUT2D eigenvalue weighted by Crippen LogP contribution is 2.18. The van der Waals surface area contributed by atoms with Gasteiger partial charge >= 0.3 is 5.97 Å². The van der Waals surface area contributed by atoms with Crippen LogP contribution < -0.4 is 5.32 Å². The van der Waals surface area contributed by atoms with Gasteiger partial charge in [-0.05, 0) is 57.8 Å². The van der Waals surface area contributed by atoms with E-state index in [2.05, 4.69) is 62.5 Å². The summed E-state index contributed by atoms with van der Waals surface area (Å²) >= 11 is 0. The van der Waals surface area contributed by atoms with Crippen LogP contribution >= 0.6 is 0 Å². The Morgan fingerprint density at radius 3 is 1.37 bits per heavy atom. The van der Waals surface area contributed by atoms with Gasteiger partial charge in [-0.3, -0.25) is 9.59 Å². The molecule has 0 aliphatic rings. The molecule has 3 atom stereocenters. The highest BCUT2D eigenvalue weighted by Gasteiger charge is 2.24. The van der Waals surface area contributed by atoms with Crippen LogP contribution in [0.5, 0.6) is 0 Å². The minimum absolute atomic E-state index is 0.0760. The summed E-state index contributed by atoms with van der Waals surface area (Å²) in [5, 5.41) is 23.8. The summed E-state index contributed by atoms with van der Waals surface area (Å²) in [5.41, 5.74) is 0. The number of allylic oxidation sites excluding steroid dienone is 6. The maximum Gasteiger partial charge on any atom is 0.306 e. The topological polar surface area (TPSA) is 95.9 Å². The summed E-state index contributed by atoms with van der Waals surface area (Å²) < 4.78 is 5.93. The number of amides is 1. The third-order valence-electron chi connectivity index (χ3n) is 12.0. The number of carbonyl (C=O) groups is 2. The fourth-order valence-electron chi connectivity index (χ4n) is 8.03. The van der Waals surface area contributed by atoms with Crippen LogP contribution in [0.1, 0.15) is 271 Å². The maximum atomic E-state index is 13.2. The van der Waals surface area contributed by atoms with Gasteiger partial charge in [0.15, 0.2) is 0 Å². The van der Waals surface area contributed by atoms with Crippen molar-refractivity contribution in [3.05, 3.63) is 36.5 Å². The summed E-state index contributed by atoms with van der Waals surface area (Å²) in [7, 11) is 0. The minimum Gasteiger partial charge on any atom is -0.462 e. The zero-order valence-corrected chi connectivity index (χ0v) is 40.1. The SMILES string of the molecule is CC/C=C/C/C=C/C/C=C/CCCCCCCCC(=O)OC(CCCCCCCCCCCCC)CC(=O)NC(CO)C(O)CCCCCCCCCCCCCCCC. The van der Waals surface area contributed by atoms with Crippen molar-refractivity contribution >= 4 is 11.9 Å². The normalized spacial score (nSPS) is 13.5. The van der Waals surface area contributed by atoms with E-state index in [0.29, 0.717) is 19.3 Å². The number of carbonyl (C=O) groups excluding carboxylic acids is 2. The molecule has 0 saturated heterocycles. The molecule has 0 spiro atoms. The molecule has 0 saturated carbocycles. The number of hydrogen-bond acceptors (Lipinski definition) is 5. The highest BCUT2D eigenvalue weighted by molar-refractivity contribution is 5.77. The number of rotatable bonds is 47. The Bertz CT molecular complexity index is 993. The second kappa shape index (κ2) is 48.1. The Morgan fingerprint density at radius 2 is 0.900 bits per heavy atom. The summed E-state index contributed by atoms with van der Waals surface area (Å²) in [6, 6.07) is -0.700. The van der Waals surface area contributed by atoms with Gasteiger partial charge in [-0.1, -0.05) is 237 Å². The molecule has 0 aliphatic carbocycles. The molecule has 0 rings (SSSR count). The first-order valence-corrected chi connectivity index (χ1v) is 26.2. The summed E-state index contributed by atoms with van der Waals surface area (Å²) in [6.45, 7) is 6.38. The molecule has 60 heavy (non-hydrogen) atoms. The zero-order chi connectivity index (χ0) is 43.8. The Hall–Kier alpha value is -1.92. The molecule has 0 aromatic rings. The Kier molecular flexibility index (Phi) is 46.6. The van der Waals surface area contributed by atoms with Crippen LogP contribution in [-0.2, 0) is 14.3 Å². The molecule has 6 heteroatoms. The molecular weight excluding hydrogens is 743 g/mol. The molecule has 1 amide bonds.